The van der Waals surface area contributed by atoms with Gasteiger partial charge in [-0.3, -0.25) is 9.59 Å². The Kier molecular flexibility index (Phi) is 5.96. The van der Waals surface area contributed by atoms with Gasteiger partial charge in [-0.25, -0.2) is 0 Å². The molecule has 0 bridgehead atoms. The maximum absolute atomic E-state index is 12.3. The molecular formula is C21H24N2O4. The van der Waals surface area contributed by atoms with Crippen molar-refractivity contribution >= 4 is 23.2 Å². The molecule has 6 heteroatoms. The van der Waals surface area contributed by atoms with Crippen LogP contribution in [-0.4, -0.2) is 31.6 Å². The predicted molar refractivity (Wildman–Crippen MR) is 104 cm³/mol. The fraction of sp³-hybridized carbons (Fsp3) is 0.333. The molecule has 2 aromatic rings. The Labute approximate surface area is 159 Å². The maximum atomic E-state index is 12.3. The van der Waals surface area contributed by atoms with Crippen LogP contribution >= 0.6 is 0 Å². The molecule has 0 aliphatic carbocycles. The van der Waals surface area contributed by atoms with Gasteiger partial charge in [0.05, 0.1) is 12.2 Å². The molecule has 0 spiro atoms. The lowest BCUT2D eigenvalue weighted by molar-refractivity contribution is -0.121. The van der Waals surface area contributed by atoms with Gasteiger partial charge in [0.2, 0.25) is 5.91 Å². The summed E-state index contributed by atoms with van der Waals surface area (Å²) in [5.74, 6) is 1.47. The highest BCUT2D eigenvalue weighted by atomic mass is 16.5. The molecule has 3 rings (SSSR count). The van der Waals surface area contributed by atoms with Gasteiger partial charge in [-0.1, -0.05) is 32.0 Å². The van der Waals surface area contributed by atoms with Crippen molar-refractivity contribution in [3.63, 3.8) is 0 Å². The number of anilines is 2. The fourth-order valence-electron chi connectivity index (χ4n) is 2.88. The first-order chi connectivity index (χ1) is 13.0. The highest BCUT2D eigenvalue weighted by Gasteiger charge is 2.26. The number of para-hydroxylation sites is 1. The highest BCUT2D eigenvalue weighted by Crippen LogP contribution is 2.34. The molecule has 1 aliphatic rings. The molecule has 6 nitrogen and oxygen atoms in total. The Hall–Kier alpha value is -3.02. The number of carbonyl (C=O) groups is 2. The number of amides is 2. The van der Waals surface area contributed by atoms with E-state index in [0.717, 1.165) is 5.75 Å². The van der Waals surface area contributed by atoms with Crippen molar-refractivity contribution in [2.45, 2.75) is 20.3 Å². The van der Waals surface area contributed by atoms with Crippen LogP contribution in [-0.2, 0) is 9.59 Å². The van der Waals surface area contributed by atoms with Gasteiger partial charge in [-0.2, -0.15) is 0 Å². The van der Waals surface area contributed by atoms with Crippen LogP contribution in [0.5, 0.6) is 11.5 Å². The standard InChI is InChI=1S/C21H24N2O4/c1-15(2)12-20(24)22-16-8-9-19-18(13-16)23(21(25)14-27-19)10-11-26-17-6-4-3-5-7-17/h3-9,13,15H,10-12,14H2,1-2H3,(H,22,24). The Morgan fingerprint density at radius 3 is 2.74 bits per heavy atom. The quantitative estimate of drug-likeness (QED) is 0.812. The summed E-state index contributed by atoms with van der Waals surface area (Å²) in [4.78, 5) is 26.0. The number of nitrogens with one attached hydrogen (secondary N) is 1. The molecule has 2 aromatic carbocycles. The Balaban J connectivity index is 1.69. The molecular weight excluding hydrogens is 344 g/mol. The minimum absolute atomic E-state index is 0.00259. The zero-order valence-electron chi connectivity index (χ0n) is 15.6. The second-order valence-corrected chi connectivity index (χ2v) is 6.82. The van der Waals surface area contributed by atoms with Gasteiger partial charge in [0.25, 0.3) is 5.91 Å². The third-order valence-corrected chi connectivity index (χ3v) is 4.11. The summed E-state index contributed by atoms with van der Waals surface area (Å²) >= 11 is 0. The summed E-state index contributed by atoms with van der Waals surface area (Å²) in [7, 11) is 0. The van der Waals surface area contributed by atoms with E-state index in [2.05, 4.69) is 5.32 Å². The van der Waals surface area contributed by atoms with Crippen molar-refractivity contribution in [2.24, 2.45) is 5.92 Å². The molecule has 0 saturated heterocycles. The molecule has 0 unspecified atom stereocenters. The van der Waals surface area contributed by atoms with Crippen molar-refractivity contribution in [1.29, 1.82) is 0 Å². The smallest absolute Gasteiger partial charge is 0.265 e. The van der Waals surface area contributed by atoms with Crippen LogP contribution in [0, 0.1) is 5.92 Å². The number of ether oxygens (including phenoxy) is 2. The highest BCUT2D eigenvalue weighted by molar-refractivity contribution is 5.99. The van der Waals surface area contributed by atoms with Gasteiger partial charge in [0.15, 0.2) is 6.61 Å². The van der Waals surface area contributed by atoms with Crippen LogP contribution in [0.25, 0.3) is 0 Å². The maximum Gasteiger partial charge on any atom is 0.265 e. The largest absolute Gasteiger partial charge is 0.492 e. The average Bonchev–Trinajstić information content (AvgIpc) is 2.64. The van der Waals surface area contributed by atoms with Crippen molar-refractivity contribution in [3.05, 3.63) is 48.5 Å². The van der Waals surface area contributed by atoms with Crippen molar-refractivity contribution in [2.75, 3.05) is 30.0 Å². The van der Waals surface area contributed by atoms with E-state index in [1.165, 1.54) is 0 Å². The first-order valence-corrected chi connectivity index (χ1v) is 9.08. The summed E-state index contributed by atoms with van der Waals surface area (Å²) < 4.78 is 11.2. The van der Waals surface area contributed by atoms with E-state index in [-0.39, 0.29) is 24.3 Å². The second-order valence-electron chi connectivity index (χ2n) is 6.82. The topological polar surface area (TPSA) is 67.9 Å². The summed E-state index contributed by atoms with van der Waals surface area (Å²) in [6, 6.07) is 14.8. The van der Waals surface area contributed by atoms with E-state index in [0.29, 0.717) is 36.7 Å². The van der Waals surface area contributed by atoms with Gasteiger partial charge in [0.1, 0.15) is 18.1 Å². The Bertz CT molecular complexity index is 805. The minimum atomic E-state index is -0.134. The zero-order valence-corrected chi connectivity index (χ0v) is 15.6. The molecule has 1 N–H and O–H groups in total. The van der Waals surface area contributed by atoms with Crippen molar-refractivity contribution in [3.8, 4) is 11.5 Å². The predicted octanol–water partition coefficient (Wildman–Crippen LogP) is 3.48. The van der Waals surface area contributed by atoms with Crippen LogP contribution < -0.4 is 19.7 Å². The summed E-state index contributed by atoms with van der Waals surface area (Å²) in [6.07, 6.45) is 0.446. The minimum Gasteiger partial charge on any atom is -0.492 e. The van der Waals surface area contributed by atoms with Crippen LogP contribution in [0.15, 0.2) is 48.5 Å². The second kappa shape index (κ2) is 8.58. The molecule has 0 fully saturated rings. The first-order valence-electron chi connectivity index (χ1n) is 9.08. The average molecular weight is 368 g/mol. The fourth-order valence-corrected chi connectivity index (χ4v) is 2.88. The third kappa shape index (κ3) is 5.00. The lowest BCUT2D eigenvalue weighted by Gasteiger charge is -2.29. The van der Waals surface area contributed by atoms with Crippen LogP contribution in [0.1, 0.15) is 20.3 Å². The molecule has 0 saturated carbocycles. The zero-order chi connectivity index (χ0) is 19.2. The van der Waals surface area contributed by atoms with Crippen molar-refractivity contribution in [1.82, 2.24) is 0 Å². The summed E-state index contributed by atoms with van der Waals surface area (Å²) in [5, 5.41) is 2.88. The Morgan fingerprint density at radius 2 is 2.00 bits per heavy atom. The Morgan fingerprint density at radius 1 is 1.22 bits per heavy atom. The van der Waals surface area contributed by atoms with Gasteiger partial charge in [-0.15, -0.1) is 0 Å². The first kappa shape index (κ1) is 18.8. The van der Waals surface area contributed by atoms with Crippen LogP contribution in [0.4, 0.5) is 11.4 Å². The lowest BCUT2D eigenvalue weighted by Crippen LogP contribution is -2.41. The number of benzene rings is 2. The van der Waals surface area contributed by atoms with E-state index in [1.807, 2.05) is 44.2 Å². The van der Waals surface area contributed by atoms with E-state index >= 15 is 0 Å². The summed E-state index contributed by atoms with van der Waals surface area (Å²) in [6.45, 7) is 4.74. The summed E-state index contributed by atoms with van der Waals surface area (Å²) in [5.41, 5.74) is 1.29. The van der Waals surface area contributed by atoms with E-state index in [1.54, 1.807) is 23.1 Å². The molecule has 142 valence electrons. The molecule has 1 aliphatic heterocycles. The number of nitrogens with zero attached hydrogens (tertiary/aromatic N) is 1. The molecule has 0 atom stereocenters. The number of hydrogen-bond acceptors (Lipinski definition) is 4. The molecule has 0 aromatic heterocycles. The van der Waals surface area contributed by atoms with Gasteiger partial charge in [0, 0.05) is 12.1 Å². The monoisotopic (exact) mass is 368 g/mol. The number of rotatable bonds is 7. The van der Waals surface area contributed by atoms with Crippen LogP contribution in [0.3, 0.4) is 0 Å². The van der Waals surface area contributed by atoms with E-state index in [9.17, 15) is 9.59 Å². The number of fused-ring (bicyclic) bond motifs is 1. The van der Waals surface area contributed by atoms with E-state index in [4.69, 9.17) is 9.47 Å². The van der Waals surface area contributed by atoms with Gasteiger partial charge < -0.3 is 19.7 Å². The normalized spacial score (nSPS) is 13.1. The molecule has 0 radical (unpaired) electrons. The number of hydrogen-bond donors (Lipinski definition) is 1. The van der Waals surface area contributed by atoms with Gasteiger partial charge >= 0.3 is 0 Å². The molecule has 1 heterocycles. The third-order valence-electron chi connectivity index (χ3n) is 4.11. The lowest BCUT2D eigenvalue weighted by atomic mass is 10.1. The number of carbonyl (C=O) groups excluding carboxylic acids is 2. The SMILES string of the molecule is CC(C)CC(=O)Nc1ccc2c(c1)N(CCOc1ccccc1)C(=O)CO2. The molecule has 27 heavy (non-hydrogen) atoms. The molecule has 2 amide bonds. The van der Waals surface area contributed by atoms with Crippen molar-refractivity contribution < 1.29 is 19.1 Å². The van der Waals surface area contributed by atoms with Crippen LogP contribution in [0.2, 0.25) is 0 Å². The van der Waals surface area contributed by atoms with E-state index < -0.39 is 0 Å². The van der Waals surface area contributed by atoms with Gasteiger partial charge in [-0.05, 0) is 36.2 Å².